The Morgan fingerprint density at radius 2 is 1.75 bits per heavy atom. The van der Waals surface area contributed by atoms with Crippen LogP contribution in [0.3, 0.4) is 0 Å². The first-order valence-electron chi connectivity index (χ1n) is 8.84. The van der Waals surface area contributed by atoms with Gasteiger partial charge < -0.3 is 10.1 Å². The fraction of sp³-hybridized carbons (Fsp3) is 0.300. The lowest BCUT2D eigenvalue weighted by molar-refractivity contribution is -0.147. The third-order valence-electron chi connectivity index (χ3n) is 3.69. The summed E-state index contributed by atoms with van der Waals surface area (Å²) in [4.78, 5) is 23.9. The van der Waals surface area contributed by atoms with Crippen LogP contribution in [0.2, 0.25) is 0 Å². The number of carbonyl (C=O) groups excluding carboxylic acids is 2. The molecule has 0 aromatic heterocycles. The second-order valence-corrected chi connectivity index (χ2v) is 8.23. The smallest absolute Gasteiger partial charge is 0.307 e. The van der Waals surface area contributed by atoms with Crippen molar-refractivity contribution < 1.29 is 22.7 Å². The fourth-order valence-corrected chi connectivity index (χ4v) is 3.41. The standard InChI is InChI=1S/C20H24N2O5S/c1-14(2)27-19(23)11-12-21-20(24)16-5-4-6-17(13-16)22-28(25,26)18-9-7-15(3)8-10-18/h4-10,13-14,22H,11-12H2,1-3H3,(H,21,24). The van der Waals surface area contributed by atoms with Crippen LogP contribution in [0, 0.1) is 6.92 Å². The zero-order chi connectivity index (χ0) is 20.7. The van der Waals surface area contributed by atoms with Crippen LogP contribution in [0.4, 0.5) is 5.69 Å². The van der Waals surface area contributed by atoms with Gasteiger partial charge in [-0.25, -0.2) is 8.42 Å². The van der Waals surface area contributed by atoms with Gasteiger partial charge in [0.05, 0.1) is 17.4 Å². The van der Waals surface area contributed by atoms with E-state index >= 15 is 0 Å². The van der Waals surface area contributed by atoms with Crippen molar-refractivity contribution in [2.24, 2.45) is 0 Å². The van der Waals surface area contributed by atoms with Crippen molar-refractivity contribution in [2.75, 3.05) is 11.3 Å². The average Bonchev–Trinajstić information content (AvgIpc) is 2.61. The van der Waals surface area contributed by atoms with E-state index in [1.54, 1.807) is 44.2 Å². The maximum atomic E-state index is 12.5. The monoisotopic (exact) mass is 404 g/mol. The predicted molar refractivity (Wildman–Crippen MR) is 107 cm³/mol. The van der Waals surface area contributed by atoms with E-state index in [9.17, 15) is 18.0 Å². The average molecular weight is 404 g/mol. The second kappa shape index (κ2) is 9.36. The Balaban J connectivity index is 2.00. The molecular formula is C20H24N2O5S. The quantitative estimate of drug-likeness (QED) is 0.659. The van der Waals surface area contributed by atoms with Gasteiger partial charge in [0.15, 0.2) is 0 Å². The van der Waals surface area contributed by atoms with E-state index in [2.05, 4.69) is 10.0 Å². The predicted octanol–water partition coefficient (Wildman–Crippen LogP) is 2.87. The maximum absolute atomic E-state index is 12.5. The SMILES string of the molecule is Cc1ccc(S(=O)(=O)Nc2cccc(C(=O)NCCC(=O)OC(C)C)c2)cc1. The van der Waals surface area contributed by atoms with Gasteiger partial charge >= 0.3 is 5.97 Å². The Morgan fingerprint density at radius 1 is 1.07 bits per heavy atom. The molecule has 0 atom stereocenters. The van der Waals surface area contributed by atoms with E-state index < -0.39 is 21.9 Å². The first-order chi connectivity index (χ1) is 13.2. The van der Waals surface area contributed by atoms with E-state index in [1.807, 2.05) is 6.92 Å². The molecule has 7 nitrogen and oxygen atoms in total. The topological polar surface area (TPSA) is 102 Å². The van der Waals surface area contributed by atoms with Crippen LogP contribution >= 0.6 is 0 Å². The maximum Gasteiger partial charge on any atom is 0.307 e. The largest absolute Gasteiger partial charge is 0.463 e. The minimum atomic E-state index is -3.76. The van der Waals surface area contributed by atoms with E-state index in [0.29, 0.717) is 0 Å². The van der Waals surface area contributed by atoms with Crippen molar-refractivity contribution in [1.82, 2.24) is 5.32 Å². The Labute approximate surface area is 165 Å². The molecule has 8 heteroatoms. The van der Waals surface area contributed by atoms with Crippen LogP contribution < -0.4 is 10.0 Å². The third kappa shape index (κ3) is 6.38. The van der Waals surface area contributed by atoms with Crippen LogP contribution in [0.15, 0.2) is 53.4 Å². The number of esters is 1. The zero-order valence-corrected chi connectivity index (χ0v) is 16.9. The van der Waals surface area contributed by atoms with Crippen molar-refractivity contribution >= 4 is 27.6 Å². The molecule has 0 bridgehead atoms. The summed E-state index contributed by atoms with van der Waals surface area (Å²) < 4.78 is 32.4. The van der Waals surface area contributed by atoms with Gasteiger partial charge in [-0.1, -0.05) is 23.8 Å². The summed E-state index contributed by atoms with van der Waals surface area (Å²) in [6.07, 6.45) is -0.148. The van der Waals surface area contributed by atoms with Gasteiger partial charge in [-0.15, -0.1) is 0 Å². The molecule has 0 aliphatic rings. The Bertz CT molecular complexity index is 937. The number of carbonyl (C=O) groups is 2. The Kier molecular flexibility index (Phi) is 7.17. The number of rotatable bonds is 8. The lowest BCUT2D eigenvalue weighted by atomic mass is 10.2. The number of aryl methyl sites for hydroxylation is 1. The van der Waals surface area contributed by atoms with Gasteiger partial charge in [0.1, 0.15) is 0 Å². The van der Waals surface area contributed by atoms with E-state index in [1.165, 1.54) is 18.2 Å². The van der Waals surface area contributed by atoms with Crippen molar-refractivity contribution in [1.29, 1.82) is 0 Å². The molecule has 1 amide bonds. The summed E-state index contributed by atoms with van der Waals surface area (Å²) in [6, 6.07) is 12.6. The highest BCUT2D eigenvalue weighted by Gasteiger charge is 2.15. The van der Waals surface area contributed by atoms with Gasteiger partial charge in [-0.2, -0.15) is 0 Å². The molecule has 150 valence electrons. The summed E-state index contributed by atoms with van der Waals surface area (Å²) in [5, 5.41) is 2.61. The van der Waals surface area contributed by atoms with E-state index in [4.69, 9.17) is 4.74 Å². The number of ether oxygens (including phenoxy) is 1. The highest BCUT2D eigenvalue weighted by molar-refractivity contribution is 7.92. The Hall–Kier alpha value is -2.87. The molecule has 0 spiro atoms. The van der Waals surface area contributed by atoms with Gasteiger partial charge in [0.25, 0.3) is 15.9 Å². The molecule has 0 heterocycles. The molecule has 2 N–H and O–H groups in total. The number of hydrogen-bond donors (Lipinski definition) is 2. The minimum Gasteiger partial charge on any atom is -0.463 e. The Morgan fingerprint density at radius 3 is 2.39 bits per heavy atom. The lowest BCUT2D eigenvalue weighted by Gasteiger charge is -2.11. The molecule has 2 aromatic rings. The van der Waals surface area contributed by atoms with Crippen LogP contribution in [-0.4, -0.2) is 32.9 Å². The highest BCUT2D eigenvalue weighted by atomic mass is 32.2. The lowest BCUT2D eigenvalue weighted by Crippen LogP contribution is -2.27. The molecule has 2 rings (SSSR count). The number of anilines is 1. The minimum absolute atomic E-state index is 0.0592. The van der Waals surface area contributed by atoms with Crippen LogP contribution in [0.25, 0.3) is 0 Å². The van der Waals surface area contributed by atoms with Crippen LogP contribution in [0.1, 0.15) is 36.2 Å². The van der Waals surface area contributed by atoms with Gasteiger partial charge in [-0.3, -0.25) is 14.3 Å². The van der Waals surface area contributed by atoms with Gasteiger partial charge in [0, 0.05) is 17.8 Å². The molecular weight excluding hydrogens is 380 g/mol. The number of benzene rings is 2. The molecule has 0 radical (unpaired) electrons. The molecule has 0 saturated heterocycles. The second-order valence-electron chi connectivity index (χ2n) is 6.54. The van der Waals surface area contributed by atoms with Crippen LogP contribution in [0.5, 0.6) is 0 Å². The number of hydrogen-bond acceptors (Lipinski definition) is 5. The van der Waals surface area contributed by atoms with Crippen molar-refractivity contribution in [3.63, 3.8) is 0 Å². The van der Waals surface area contributed by atoms with E-state index in [-0.39, 0.29) is 35.2 Å². The summed E-state index contributed by atoms with van der Waals surface area (Å²) in [5.74, 6) is -0.802. The summed E-state index contributed by atoms with van der Waals surface area (Å²) in [6.45, 7) is 5.50. The molecule has 28 heavy (non-hydrogen) atoms. The van der Waals surface area contributed by atoms with Crippen molar-refractivity contribution in [3.05, 3.63) is 59.7 Å². The number of nitrogens with one attached hydrogen (secondary N) is 2. The molecule has 0 unspecified atom stereocenters. The van der Waals surface area contributed by atoms with Crippen LogP contribution in [-0.2, 0) is 19.6 Å². The number of amides is 1. The third-order valence-corrected chi connectivity index (χ3v) is 5.09. The molecule has 0 fully saturated rings. The normalized spacial score (nSPS) is 11.1. The molecule has 0 aliphatic carbocycles. The number of sulfonamides is 1. The fourth-order valence-electron chi connectivity index (χ4n) is 2.36. The summed E-state index contributed by atoms with van der Waals surface area (Å²) in [7, 11) is -3.76. The highest BCUT2D eigenvalue weighted by Crippen LogP contribution is 2.17. The first-order valence-corrected chi connectivity index (χ1v) is 10.3. The first kappa shape index (κ1) is 21.4. The van der Waals surface area contributed by atoms with Crippen molar-refractivity contribution in [2.45, 2.75) is 38.2 Å². The van der Waals surface area contributed by atoms with E-state index in [0.717, 1.165) is 5.56 Å². The summed E-state index contributed by atoms with van der Waals surface area (Å²) >= 11 is 0. The van der Waals surface area contributed by atoms with Gasteiger partial charge in [0.2, 0.25) is 0 Å². The zero-order valence-electron chi connectivity index (χ0n) is 16.1. The van der Waals surface area contributed by atoms with Crippen molar-refractivity contribution in [3.8, 4) is 0 Å². The molecule has 2 aromatic carbocycles. The van der Waals surface area contributed by atoms with Gasteiger partial charge in [-0.05, 0) is 51.1 Å². The summed E-state index contributed by atoms with van der Waals surface area (Å²) in [5.41, 5.74) is 1.50. The molecule has 0 aliphatic heterocycles. The molecule has 0 saturated carbocycles.